The van der Waals surface area contributed by atoms with Gasteiger partial charge in [0.2, 0.25) is 0 Å². The van der Waals surface area contributed by atoms with Crippen LogP contribution in [0.15, 0.2) is 74.1 Å². The average Bonchev–Trinajstić information content (AvgIpc) is 3.35. The molecule has 0 spiro atoms. The molecule has 0 aliphatic carbocycles. The third-order valence-electron chi connectivity index (χ3n) is 6.62. The molecule has 0 bridgehead atoms. The predicted molar refractivity (Wildman–Crippen MR) is 160 cm³/mol. The Morgan fingerprint density at radius 1 is 1.10 bits per heavy atom. The van der Waals surface area contributed by atoms with Crippen molar-refractivity contribution in [3.63, 3.8) is 0 Å². The second kappa shape index (κ2) is 10.9. The van der Waals surface area contributed by atoms with E-state index in [1.165, 1.54) is 11.3 Å². The van der Waals surface area contributed by atoms with Crippen LogP contribution in [0.3, 0.4) is 0 Å². The first-order chi connectivity index (χ1) is 18.6. The maximum Gasteiger partial charge on any atom is 0.338 e. The Balaban J connectivity index is 1.68. The molecule has 2 aromatic heterocycles. The summed E-state index contributed by atoms with van der Waals surface area (Å²) in [7, 11) is 0. The Morgan fingerprint density at radius 2 is 1.82 bits per heavy atom. The molecule has 0 saturated carbocycles. The number of benzene rings is 2. The third-order valence-corrected chi connectivity index (χ3v) is 8.87. The number of fused-ring (bicyclic) bond motifs is 1. The summed E-state index contributed by atoms with van der Waals surface area (Å²) in [5.74, 6) is -0.480. The molecule has 10 heteroatoms. The smallest absolute Gasteiger partial charge is 0.338 e. The minimum Gasteiger partial charge on any atom is -0.463 e. The lowest BCUT2D eigenvalue weighted by Crippen LogP contribution is -2.39. The van der Waals surface area contributed by atoms with Gasteiger partial charge in [-0.15, -0.1) is 0 Å². The molecule has 2 aromatic carbocycles. The summed E-state index contributed by atoms with van der Waals surface area (Å²) in [4.78, 5) is 32.2. The molecule has 4 aromatic rings. The molecule has 1 aliphatic heterocycles. The van der Waals surface area contributed by atoms with Crippen LogP contribution in [-0.4, -0.2) is 21.7 Å². The van der Waals surface area contributed by atoms with Crippen LogP contribution in [0.2, 0.25) is 10.0 Å². The van der Waals surface area contributed by atoms with Crippen molar-refractivity contribution >= 4 is 62.5 Å². The predicted octanol–water partition coefficient (Wildman–Crippen LogP) is 6.28. The summed E-state index contributed by atoms with van der Waals surface area (Å²) in [6.45, 7) is 7.75. The number of nitrogens with zero attached hydrogens (tertiary/aromatic N) is 3. The van der Waals surface area contributed by atoms with Gasteiger partial charge in [-0.05, 0) is 81.3 Å². The normalized spacial score (nSPS) is 15.4. The Morgan fingerprint density at radius 3 is 2.49 bits per heavy atom. The number of hydrogen-bond acceptors (Lipinski definition) is 5. The first-order valence-electron chi connectivity index (χ1n) is 12.2. The molecular weight excluding hydrogens is 621 g/mol. The van der Waals surface area contributed by atoms with Gasteiger partial charge >= 0.3 is 5.97 Å². The molecule has 0 amide bonds. The Kier molecular flexibility index (Phi) is 7.75. The van der Waals surface area contributed by atoms with Gasteiger partial charge in [-0.2, -0.15) is 0 Å². The van der Waals surface area contributed by atoms with Gasteiger partial charge in [-0.25, -0.2) is 9.79 Å². The number of esters is 1. The lowest BCUT2D eigenvalue weighted by Gasteiger charge is -2.24. The van der Waals surface area contributed by atoms with E-state index in [1.54, 1.807) is 24.5 Å². The minimum absolute atomic E-state index is 0.222. The molecule has 1 atom stereocenters. The van der Waals surface area contributed by atoms with Crippen LogP contribution >= 0.6 is 50.5 Å². The number of aromatic nitrogens is 2. The van der Waals surface area contributed by atoms with Gasteiger partial charge in [-0.3, -0.25) is 9.36 Å². The Labute approximate surface area is 247 Å². The number of thiazole rings is 1. The van der Waals surface area contributed by atoms with Crippen LogP contribution in [0, 0.1) is 13.8 Å². The summed E-state index contributed by atoms with van der Waals surface area (Å²) in [6, 6.07) is 14.4. The number of aryl methyl sites for hydroxylation is 1. The highest BCUT2D eigenvalue weighted by atomic mass is 79.9. The lowest BCUT2D eigenvalue weighted by molar-refractivity contribution is -0.139. The molecule has 0 fully saturated rings. The number of allylic oxidation sites excluding steroid dienone is 1. The molecule has 0 saturated heterocycles. The van der Waals surface area contributed by atoms with Gasteiger partial charge < -0.3 is 9.30 Å². The van der Waals surface area contributed by atoms with Crippen LogP contribution in [0.1, 0.15) is 42.4 Å². The van der Waals surface area contributed by atoms with Gasteiger partial charge in [0.25, 0.3) is 5.56 Å². The number of carbonyl (C=O) groups is 1. The van der Waals surface area contributed by atoms with Crippen molar-refractivity contribution in [2.24, 2.45) is 4.99 Å². The van der Waals surface area contributed by atoms with Gasteiger partial charge in [0.15, 0.2) is 4.80 Å². The zero-order valence-electron chi connectivity index (χ0n) is 21.6. The first-order valence-corrected chi connectivity index (χ1v) is 14.6. The van der Waals surface area contributed by atoms with Crippen molar-refractivity contribution in [3.05, 3.63) is 117 Å². The summed E-state index contributed by atoms with van der Waals surface area (Å²) < 4.78 is 10.4. The van der Waals surface area contributed by atoms with Gasteiger partial charge in [-0.1, -0.05) is 62.6 Å². The van der Waals surface area contributed by atoms with Gasteiger partial charge in [0.05, 0.1) is 38.5 Å². The molecular formula is C29H24BrCl2N3O3S. The fraction of sp³-hybridized carbons (Fsp3) is 0.207. The summed E-state index contributed by atoms with van der Waals surface area (Å²) in [5.41, 5.74) is 5.17. The van der Waals surface area contributed by atoms with Crippen molar-refractivity contribution in [1.82, 2.24) is 9.13 Å². The zero-order valence-corrected chi connectivity index (χ0v) is 25.5. The van der Waals surface area contributed by atoms with Crippen LogP contribution in [0.4, 0.5) is 0 Å². The highest BCUT2D eigenvalue weighted by Gasteiger charge is 2.33. The Hall–Kier alpha value is -2.91. The lowest BCUT2D eigenvalue weighted by atomic mass is 9.96. The van der Waals surface area contributed by atoms with E-state index < -0.39 is 12.0 Å². The highest BCUT2D eigenvalue weighted by Crippen LogP contribution is 2.32. The van der Waals surface area contributed by atoms with E-state index in [1.807, 2.05) is 62.4 Å². The molecule has 39 heavy (non-hydrogen) atoms. The molecule has 200 valence electrons. The first kappa shape index (κ1) is 27.6. The summed E-state index contributed by atoms with van der Waals surface area (Å²) in [5, 5.41) is 0.958. The van der Waals surface area contributed by atoms with Crippen molar-refractivity contribution in [2.45, 2.75) is 33.7 Å². The molecule has 0 N–H and O–H groups in total. The molecule has 1 aliphatic rings. The van der Waals surface area contributed by atoms with Crippen molar-refractivity contribution in [1.29, 1.82) is 0 Å². The molecule has 3 heterocycles. The summed E-state index contributed by atoms with van der Waals surface area (Å²) in [6.07, 6.45) is 1.88. The topological polar surface area (TPSA) is 65.6 Å². The molecule has 5 rings (SSSR count). The average molecular weight is 645 g/mol. The molecule has 6 nitrogen and oxygen atoms in total. The maximum absolute atomic E-state index is 13.9. The number of rotatable bonds is 5. The van der Waals surface area contributed by atoms with E-state index >= 15 is 0 Å². The minimum atomic E-state index is -0.654. The second-order valence-corrected chi connectivity index (χ2v) is 11.9. The zero-order chi connectivity index (χ0) is 28.0. The molecule has 0 unspecified atom stereocenters. The van der Waals surface area contributed by atoms with Gasteiger partial charge in [0.1, 0.15) is 0 Å². The third kappa shape index (κ3) is 5.07. The quantitative estimate of drug-likeness (QED) is 0.240. The van der Waals surface area contributed by atoms with Gasteiger partial charge in [0, 0.05) is 21.5 Å². The van der Waals surface area contributed by atoms with E-state index in [0.29, 0.717) is 30.6 Å². The van der Waals surface area contributed by atoms with E-state index in [2.05, 4.69) is 25.5 Å². The van der Waals surface area contributed by atoms with E-state index in [9.17, 15) is 9.59 Å². The van der Waals surface area contributed by atoms with Crippen LogP contribution < -0.4 is 14.9 Å². The number of carbonyl (C=O) groups excluding carboxylic acids is 1. The Bertz CT molecular complexity index is 1830. The number of hydrogen-bond donors (Lipinski definition) is 0. The van der Waals surface area contributed by atoms with Crippen LogP contribution in [0.5, 0.6) is 0 Å². The van der Waals surface area contributed by atoms with E-state index in [0.717, 1.165) is 32.7 Å². The molecule has 0 radical (unpaired) electrons. The number of ether oxygens (including phenoxy) is 1. The largest absolute Gasteiger partial charge is 0.463 e. The second-order valence-electron chi connectivity index (χ2n) is 9.11. The fourth-order valence-corrected chi connectivity index (χ4v) is 6.44. The maximum atomic E-state index is 13.9. The van der Waals surface area contributed by atoms with Crippen molar-refractivity contribution in [3.8, 4) is 5.69 Å². The standard InChI is InChI=1S/C29H24BrCl2N3O3S/c1-5-38-28(37)25-16(3)33-29-35(26(25)18-6-8-20(30)9-7-18)27(36)24(39-29)13-19-12-15(2)34(17(19)4)21-10-11-22(31)23(32)14-21/h6-14,26H,5H2,1-4H3/b24-13-/t26-/m1/s1. The van der Waals surface area contributed by atoms with Crippen molar-refractivity contribution < 1.29 is 9.53 Å². The number of halogens is 3. The van der Waals surface area contributed by atoms with Crippen LogP contribution in [-0.2, 0) is 9.53 Å². The fourth-order valence-electron chi connectivity index (χ4n) is 4.85. The van der Waals surface area contributed by atoms with E-state index in [4.69, 9.17) is 27.9 Å². The van der Waals surface area contributed by atoms with Crippen LogP contribution in [0.25, 0.3) is 11.8 Å². The summed E-state index contributed by atoms with van der Waals surface area (Å²) >= 11 is 17.2. The monoisotopic (exact) mass is 643 g/mol. The SMILES string of the molecule is CCOC(=O)C1=C(C)N=c2s/c(=C\c3cc(C)n(-c4ccc(Cl)c(Cl)c4)c3C)c(=O)n2[C@@H]1c1ccc(Br)cc1. The highest BCUT2D eigenvalue weighted by molar-refractivity contribution is 9.10. The van der Waals surface area contributed by atoms with Crippen molar-refractivity contribution in [2.75, 3.05) is 6.61 Å². The van der Waals surface area contributed by atoms with E-state index in [-0.39, 0.29) is 12.2 Å².